The minimum absolute atomic E-state index is 0.170. The van der Waals surface area contributed by atoms with Crippen molar-refractivity contribution in [2.75, 3.05) is 37.4 Å². The number of carbonyl (C=O) groups excluding carboxylic acids is 1. The summed E-state index contributed by atoms with van der Waals surface area (Å²) < 4.78 is 5.11. The molecule has 0 aromatic carbocycles. The third-order valence-corrected chi connectivity index (χ3v) is 2.96. The summed E-state index contributed by atoms with van der Waals surface area (Å²) in [4.78, 5) is 22.2. The molecule has 0 unspecified atom stereocenters. The van der Waals surface area contributed by atoms with Gasteiger partial charge in [-0.1, -0.05) is 0 Å². The van der Waals surface area contributed by atoms with Gasteiger partial charge in [0.25, 0.3) is 0 Å². The predicted octanol–water partition coefficient (Wildman–Crippen LogP) is 1.69. The second kappa shape index (κ2) is 7.98. The molecule has 2 rings (SSSR count). The second-order valence-electron chi connectivity index (χ2n) is 5.12. The van der Waals surface area contributed by atoms with Crippen LogP contribution in [0.2, 0.25) is 0 Å². The lowest BCUT2D eigenvalue weighted by molar-refractivity contribution is -0.116. The number of anilines is 2. The molecular weight excluding hydrogens is 294 g/mol. The predicted molar refractivity (Wildman–Crippen MR) is 90.3 cm³/mol. The largest absolute Gasteiger partial charge is 0.465 e. The molecule has 2 N–H and O–H groups in total. The number of aryl methyl sites for hydroxylation is 1. The van der Waals surface area contributed by atoms with Crippen molar-refractivity contribution in [1.29, 1.82) is 0 Å². The van der Waals surface area contributed by atoms with E-state index in [2.05, 4.69) is 20.6 Å². The van der Waals surface area contributed by atoms with Gasteiger partial charge in [0.05, 0.1) is 6.26 Å². The van der Waals surface area contributed by atoms with E-state index >= 15 is 0 Å². The number of hydrogen-bond acceptors (Lipinski definition) is 6. The Kier molecular flexibility index (Phi) is 5.74. The normalized spacial score (nSPS) is 10.7. The lowest BCUT2D eigenvalue weighted by Gasteiger charge is -2.14. The molecule has 0 bridgehead atoms. The van der Waals surface area contributed by atoms with Crippen LogP contribution in [0.1, 0.15) is 11.6 Å². The van der Waals surface area contributed by atoms with Gasteiger partial charge in [0.15, 0.2) is 0 Å². The zero-order valence-corrected chi connectivity index (χ0v) is 13.5. The van der Waals surface area contributed by atoms with E-state index in [1.54, 1.807) is 24.5 Å². The number of rotatable bonds is 7. The number of amides is 1. The molecule has 2 aromatic heterocycles. The smallest absolute Gasteiger partial charge is 0.244 e. The maximum atomic E-state index is 11.6. The average Bonchev–Trinajstić information content (AvgIpc) is 3.02. The van der Waals surface area contributed by atoms with Crippen LogP contribution in [-0.2, 0) is 4.79 Å². The van der Waals surface area contributed by atoms with Crippen molar-refractivity contribution in [1.82, 2.24) is 15.3 Å². The summed E-state index contributed by atoms with van der Waals surface area (Å²) in [5.74, 6) is 2.75. The van der Waals surface area contributed by atoms with Crippen LogP contribution in [0, 0.1) is 6.92 Å². The van der Waals surface area contributed by atoms with Gasteiger partial charge in [0.1, 0.15) is 23.2 Å². The standard InChI is InChI=1S/C16H21N5O2/c1-12-19-14(11-15(20-12)21(2)3)17-8-9-18-16(22)7-6-13-5-4-10-23-13/h4-7,10-11H,8-9H2,1-3H3,(H,18,22)(H,17,19,20)/b7-6+. The van der Waals surface area contributed by atoms with E-state index in [9.17, 15) is 4.79 Å². The van der Waals surface area contributed by atoms with Crippen LogP contribution in [0.4, 0.5) is 11.6 Å². The zero-order valence-electron chi connectivity index (χ0n) is 13.5. The Morgan fingerprint density at radius 1 is 1.35 bits per heavy atom. The van der Waals surface area contributed by atoms with Crippen LogP contribution in [0.5, 0.6) is 0 Å². The highest BCUT2D eigenvalue weighted by Crippen LogP contribution is 2.12. The lowest BCUT2D eigenvalue weighted by atomic mass is 10.4. The van der Waals surface area contributed by atoms with Gasteiger partial charge in [-0.2, -0.15) is 0 Å². The Balaban J connectivity index is 1.76. The fourth-order valence-electron chi connectivity index (χ4n) is 1.85. The molecule has 7 nitrogen and oxygen atoms in total. The van der Waals surface area contributed by atoms with Crippen molar-refractivity contribution < 1.29 is 9.21 Å². The Labute approximate surface area is 135 Å². The molecule has 0 aliphatic heterocycles. The Morgan fingerprint density at radius 3 is 2.87 bits per heavy atom. The molecule has 0 saturated carbocycles. The molecule has 0 fully saturated rings. The van der Waals surface area contributed by atoms with Crippen LogP contribution in [0.3, 0.4) is 0 Å². The summed E-state index contributed by atoms with van der Waals surface area (Å²) in [6.07, 6.45) is 4.63. The van der Waals surface area contributed by atoms with E-state index in [-0.39, 0.29) is 5.91 Å². The number of aromatic nitrogens is 2. The van der Waals surface area contributed by atoms with E-state index in [1.165, 1.54) is 6.08 Å². The highest BCUT2D eigenvalue weighted by Gasteiger charge is 2.03. The lowest BCUT2D eigenvalue weighted by Crippen LogP contribution is -2.27. The third-order valence-electron chi connectivity index (χ3n) is 2.96. The summed E-state index contributed by atoms with van der Waals surface area (Å²) in [5.41, 5.74) is 0. The van der Waals surface area contributed by atoms with E-state index < -0.39 is 0 Å². The first-order valence-corrected chi connectivity index (χ1v) is 7.31. The van der Waals surface area contributed by atoms with Crippen LogP contribution in [-0.4, -0.2) is 43.1 Å². The van der Waals surface area contributed by atoms with E-state index in [1.807, 2.05) is 32.0 Å². The van der Waals surface area contributed by atoms with Crippen LogP contribution < -0.4 is 15.5 Å². The van der Waals surface area contributed by atoms with Gasteiger partial charge in [0, 0.05) is 39.3 Å². The number of nitrogens with one attached hydrogen (secondary N) is 2. The van der Waals surface area contributed by atoms with E-state index in [0.717, 1.165) is 11.6 Å². The molecule has 1 amide bonds. The molecule has 0 aliphatic carbocycles. The van der Waals surface area contributed by atoms with E-state index in [0.29, 0.717) is 24.7 Å². The van der Waals surface area contributed by atoms with Gasteiger partial charge >= 0.3 is 0 Å². The van der Waals surface area contributed by atoms with Gasteiger partial charge in [0.2, 0.25) is 5.91 Å². The van der Waals surface area contributed by atoms with Crippen LogP contribution >= 0.6 is 0 Å². The molecular formula is C16H21N5O2. The molecule has 2 aromatic rings. The maximum absolute atomic E-state index is 11.6. The topological polar surface area (TPSA) is 83.3 Å². The highest BCUT2D eigenvalue weighted by atomic mass is 16.3. The monoisotopic (exact) mass is 315 g/mol. The average molecular weight is 315 g/mol. The highest BCUT2D eigenvalue weighted by molar-refractivity contribution is 5.91. The summed E-state index contributed by atoms with van der Waals surface area (Å²) in [7, 11) is 3.86. The van der Waals surface area contributed by atoms with Crippen molar-refractivity contribution in [2.45, 2.75) is 6.92 Å². The van der Waals surface area contributed by atoms with Crippen LogP contribution in [0.25, 0.3) is 6.08 Å². The number of carbonyl (C=O) groups is 1. The molecule has 0 spiro atoms. The van der Waals surface area contributed by atoms with Gasteiger partial charge in [-0.3, -0.25) is 4.79 Å². The molecule has 0 radical (unpaired) electrons. The third kappa shape index (κ3) is 5.46. The first kappa shape index (κ1) is 16.5. The minimum atomic E-state index is -0.170. The first-order valence-electron chi connectivity index (χ1n) is 7.31. The summed E-state index contributed by atoms with van der Waals surface area (Å²) in [6.45, 7) is 2.91. The summed E-state index contributed by atoms with van der Waals surface area (Å²) in [6, 6.07) is 5.42. The minimum Gasteiger partial charge on any atom is -0.465 e. The zero-order chi connectivity index (χ0) is 16.7. The van der Waals surface area contributed by atoms with Crippen molar-refractivity contribution in [3.63, 3.8) is 0 Å². The van der Waals surface area contributed by atoms with E-state index in [4.69, 9.17) is 4.42 Å². The molecule has 2 heterocycles. The quantitative estimate of drug-likeness (QED) is 0.597. The number of furan rings is 1. The second-order valence-corrected chi connectivity index (χ2v) is 5.12. The summed E-state index contributed by atoms with van der Waals surface area (Å²) in [5, 5.41) is 5.95. The van der Waals surface area contributed by atoms with Crippen molar-refractivity contribution in [3.8, 4) is 0 Å². The van der Waals surface area contributed by atoms with Crippen molar-refractivity contribution >= 4 is 23.6 Å². The van der Waals surface area contributed by atoms with Crippen molar-refractivity contribution in [3.05, 3.63) is 42.1 Å². The Bertz CT molecular complexity index is 665. The molecule has 122 valence electrons. The van der Waals surface area contributed by atoms with Crippen LogP contribution in [0.15, 0.2) is 35.0 Å². The molecule has 0 atom stereocenters. The first-order chi connectivity index (χ1) is 11.0. The maximum Gasteiger partial charge on any atom is 0.244 e. The van der Waals surface area contributed by atoms with Gasteiger partial charge in [-0.25, -0.2) is 9.97 Å². The molecule has 0 aliphatic rings. The fraction of sp³-hybridized carbons (Fsp3) is 0.312. The Hall–Kier alpha value is -2.83. The fourth-order valence-corrected chi connectivity index (χ4v) is 1.85. The van der Waals surface area contributed by atoms with Crippen molar-refractivity contribution in [2.24, 2.45) is 0 Å². The van der Waals surface area contributed by atoms with Gasteiger partial charge in [-0.15, -0.1) is 0 Å². The SMILES string of the molecule is Cc1nc(NCCNC(=O)/C=C/c2ccco2)cc(N(C)C)n1. The number of hydrogen-bond donors (Lipinski definition) is 2. The molecule has 7 heteroatoms. The Morgan fingerprint density at radius 2 is 2.17 bits per heavy atom. The summed E-state index contributed by atoms with van der Waals surface area (Å²) >= 11 is 0. The van der Waals surface area contributed by atoms with Gasteiger partial charge in [-0.05, 0) is 25.1 Å². The molecule has 23 heavy (non-hydrogen) atoms. The molecule has 0 saturated heterocycles. The number of nitrogens with zero attached hydrogens (tertiary/aromatic N) is 3. The van der Waals surface area contributed by atoms with Gasteiger partial charge < -0.3 is 20.0 Å².